The molecule has 0 aliphatic carbocycles. The van der Waals surface area contributed by atoms with Crippen LogP contribution < -0.4 is 0 Å². The maximum Gasteiger partial charge on any atom is 0.212 e. The quantitative estimate of drug-likeness (QED) is 0.689. The number of aromatic hydroxyl groups is 1. The zero-order valence-electron chi connectivity index (χ0n) is 6.14. The third-order valence-corrected chi connectivity index (χ3v) is 1.41. The summed E-state index contributed by atoms with van der Waals surface area (Å²) in [5, 5.41) is 9.23. The largest absolute Gasteiger partial charge is 0.504 e. The van der Waals surface area contributed by atoms with Crippen LogP contribution in [0.5, 0.6) is 5.75 Å². The fraction of sp³-hybridized carbons (Fsp3) is 0. The van der Waals surface area contributed by atoms with E-state index in [-0.39, 0.29) is 5.75 Å². The molecule has 4 heteroatoms. The van der Waals surface area contributed by atoms with Crippen LogP contribution in [0.15, 0.2) is 35.2 Å². The summed E-state index contributed by atoms with van der Waals surface area (Å²) in [7, 11) is 0. The number of aromatic nitrogens is 2. The van der Waals surface area contributed by atoms with Gasteiger partial charge in [-0.25, -0.2) is 9.97 Å². The summed E-state index contributed by atoms with van der Waals surface area (Å²) >= 11 is 0. The minimum atomic E-state index is 0.0567. The van der Waals surface area contributed by atoms with Crippen LogP contribution in [0.1, 0.15) is 0 Å². The number of furan rings is 1. The molecule has 0 amide bonds. The van der Waals surface area contributed by atoms with Crippen molar-refractivity contribution in [1.82, 2.24) is 9.97 Å². The van der Waals surface area contributed by atoms with Crippen molar-refractivity contribution in [3.63, 3.8) is 0 Å². The first kappa shape index (κ1) is 6.84. The molecule has 0 radical (unpaired) electrons. The minimum absolute atomic E-state index is 0.0567. The summed E-state index contributed by atoms with van der Waals surface area (Å²) in [6.07, 6.45) is 4.57. The zero-order valence-corrected chi connectivity index (χ0v) is 6.14. The monoisotopic (exact) mass is 162 g/mol. The van der Waals surface area contributed by atoms with Gasteiger partial charge in [-0.1, -0.05) is 0 Å². The predicted molar refractivity (Wildman–Crippen MR) is 41.4 cm³/mol. The molecule has 0 bridgehead atoms. The molecule has 4 nitrogen and oxygen atoms in total. The molecular weight excluding hydrogens is 156 g/mol. The molecule has 0 unspecified atom stereocenters. The van der Waals surface area contributed by atoms with Crippen molar-refractivity contribution in [3.05, 3.63) is 30.8 Å². The van der Waals surface area contributed by atoms with Gasteiger partial charge in [0.2, 0.25) is 5.76 Å². The van der Waals surface area contributed by atoms with E-state index >= 15 is 0 Å². The van der Waals surface area contributed by atoms with E-state index in [0.717, 1.165) is 0 Å². The summed E-state index contributed by atoms with van der Waals surface area (Å²) in [4.78, 5) is 7.83. The first-order valence-electron chi connectivity index (χ1n) is 3.42. The second-order valence-corrected chi connectivity index (χ2v) is 2.21. The summed E-state index contributed by atoms with van der Waals surface area (Å²) < 4.78 is 4.98. The van der Waals surface area contributed by atoms with Crippen LogP contribution in [-0.4, -0.2) is 15.1 Å². The van der Waals surface area contributed by atoms with E-state index in [0.29, 0.717) is 11.6 Å². The van der Waals surface area contributed by atoms with E-state index in [9.17, 15) is 5.11 Å². The topological polar surface area (TPSA) is 59.2 Å². The van der Waals surface area contributed by atoms with Crippen LogP contribution in [0.2, 0.25) is 0 Å². The van der Waals surface area contributed by atoms with E-state index in [1.165, 1.54) is 12.3 Å². The Morgan fingerprint density at radius 2 is 2.00 bits per heavy atom. The molecule has 2 heterocycles. The molecule has 0 aliphatic heterocycles. The van der Waals surface area contributed by atoms with Gasteiger partial charge in [0, 0.05) is 18.5 Å². The van der Waals surface area contributed by atoms with E-state index in [4.69, 9.17) is 4.42 Å². The Labute approximate surface area is 68.5 Å². The number of hydrogen-bond acceptors (Lipinski definition) is 4. The molecule has 60 valence electrons. The summed E-state index contributed by atoms with van der Waals surface area (Å²) in [5.74, 6) is 0.747. The van der Waals surface area contributed by atoms with Gasteiger partial charge in [-0.2, -0.15) is 0 Å². The Kier molecular flexibility index (Phi) is 1.51. The lowest BCUT2D eigenvalue weighted by Gasteiger charge is -1.93. The van der Waals surface area contributed by atoms with Crippen molar-refractivity contribution in [1.29, 1.82) is 0 Å². The molecule has 0 aliphatic rings. The summed E-state index contributed by atoms with van der Waals surface area (Å²) in [6.45, 7) is 0. The molecule has 12 heavy (non-hydrogen) atoms. The van der Waals surface area contributed by atoms with Gasteiger partial charge in [-0.05, 0) is 6.07 Å². The first-order chi connectivity index (χ1) is 5.88. The van der Waals surface area contributed by atoms with Gasteiger partial charge in [0.25, 0.3) is 0 Å². The first-order valence-corrected chi connectivity index (χ1v) is 3.42. The van der Waals surface area contributed by atoms with Crippen LogP contribution in [0.3, 0.4) is 0 Å². The fourth-order valence-electron chi connectivity index (χ4n) is 0.886. The lowest BCUT2D eigenvalue weighted by molar-refractivity contribution is 0.463. The van der Waals surface area contributed by atoms with Crippen molar-refractivity contribution in [2.24, 2.45) is 0 Å². The molecule has 0 atom stereocenters. The predicted octanol–water partition coefficient (Wildman–Crippen LogP) is 1.44. The van der Waals surface area contributed by atoms with Crippen LogP contribution >= 0.6 is 0 Å². The van der Waals surface area contributed by atoms with Crippen molar-refractivity contribution < 1.29 is 9.52 Å². The fourth-order valence-corrected chi connectivity index (χ4v) is 0.886. The van der Waals surface area contributed by atoms with Crippen LogP contribution in [0.25, 0.3) is 11.6 Å². The van der Waals surface area contributed by atoms with Gasteiger partial charge in [-0.15, -0.1) is 0 Å². The second-order valence-electron chi connectivity index (χ2n) is 2.21. The maximum absolute atomic E-state index is 9.23. The van der Waals surface area contributed by atoms with Crippen LogP contribution in [-0.2, 0) is 0 Å². The van der Waals surface area contributed by atoms with E-state index < -0.39 is 0 Å². The van der Waals surface area contributed by atoms with Gasteiger partial charge in [0.1, 0.15) is 0 Å². The highest BCUT2D eigenvalue weighted by Gasteiger charge is 2.08. The summed E-state index contributed by atoms with van der Waals surface area (Å²) in [5.41, 5.74) is 0. The normalized spacial score (nSPS) is 10.0. The van der Waals surface area contributed by atoms with Crippen molar-refractivity contribution in [2.75, 3.05) is 0 Å². The van der Waals surface area contributed by atoms with E-state index in [1.54, 1.807) is 18.5 Å². The highest BCUT2D eigenvalue weighted by Crippen LogP contribution is 2.26. The minimum Gasteiger partial charge on any atom is -0.504 e. The number of hydrogen-bond donors (Lipinski definition) is 1. The van der Waals surface area contributed by atoms with Gasteiger partial charge in [0.05, 0.1) is 6.26 Å². The molecular formula is C8H6N2O2. The van der Waals surface area contributed by atoms with Crippen molar-refractivity contribution in [3.8, 4) is 17.3 Å². The Morgan fingerprint density at radius 3 is 2.58 bits per heavy atom. The molecule has 0 aromatic carbocycles. The average Bonchev–Trinajstić information content (AvgIpc) is 2.53. The molecule has 0 spiro atoms. The number of rotatable bonds is 1. The standard InChI is InChI=1S/C8H6N2O2/c11-6-2-5-12-7(6)8-9-3-1-4-10-8/h1-5,11H. The lowest BCUT2D eigenvalue weighted by Crippen LogP contribution is -1.83. The summed E-state index contributed by atoms with van der Waals surface area (Å²) in [6, 6.07) is 3.15. The molecule has 0 saturated heterocycles. The van der Waals surface area contributed by atoms with Crippen molar-refractivity contribution >= 4 is 0 Å². The Morgan fingerprint density at radius 1 is 1.25 bits per heavy atom. The number of nitrogens with zero attached hydrogens (tertiary/aromatic N) is 2. The highest BCUT2D eigenvalue weighted by atomic mass is 16.4. The average molecular weight is 162 g/mol. The second kappa shape index (κ2) is 2.65. The van der Waals surface area contributed by atoms with Crippen LogP contribution in [0, 0.1) is 0 Å². The van der Waals surface area contributed by atoms with Gasteiger partial charge in [0.15, 0.2) is 11.6 Å². The molecule has 2 aromatic rings. The molecule has 2 aromatic heterocycles. The maximum atomic E-state index is 9.23. The Hall–Kier alpha value is -1.84. The van der Waals surface area contributed by atoms with E-state index in [2.05, 4.69) is 9.97 Å². The lowest BCUT2D eigenvalue weighted by atomic mass is 10.4. The van der Waals surface area contributed by atoms with Crippen molar-refractivity contribution in [2.45, 2.75) is 0 Å². The van der Waals surface area contributed by atoms with Crippen LogP contribution in [0.4, 0.5) is 0 Å². The molecule has 0 fully saturated rings. The Balaban J connectivity index is 2.51. The molecule has 1 N–H and O–H groups in total. The van der Waals surface area contributed by atoms with Gasteiger partial charge in [-0.3, -0.25) is 0 Å². The third kappa shape index (κ3) is 1.03. The van der Waals surface area contributed by atoms with Gasteiger partial charge < -0.3 is 9.52 Å². The third-order valence-electron chi connectivity index (χ3n) is 1.41. The smallest absolute Gasteiger partial charge is 0.212 e. The van der Waals surface area contributed by atoms with Gasteiger partial charge >= 0.3 is 0 Å². The highest BCUT2D eigenvalue weighted by molar-refractivity contribution is 5.55. The Bertz CT molecular complexity index is 370. The zero-order chi connectivity index (χ0) is 8.39. The molecule has 0 saturated carbocycles. The molecule has 2 rings (SSSR count). The SMILES string of the molecule is Oc1ccoc1-c1ncccn1. The van der Waals surface area contributed by atoms with E-state index in [1.807, 2.05) is 0 Å².